The van der Waals surface area contributed by atoms with Gasteiger partial charge < -0.3 is 16.0 Å². The maximum atomic E-state index is 11.2. The van der Waals surface area contributed by atoms with Crippen molar-refractivity contribution < 1.29 is 4.79 Å². The van der Waals surface area contributed by atoms with Crippen LogP contribution in [0.4, 0.5) is 0 Å². The summed E-state index contributed by atoms with van der Waals surface area (Å²) in [5, 5.41) is 3.46. The molecule has 0 aromatic heterocycles. The molecule has 2 heterocycles. The minimum absolute atomic E-state index is 0.204. The number of primary amides is 1. The van der Waals surface area contributed by atoms with E-state index in [0.717, 1.165) is 6.54 Å². The molecule has 0 radical (unpaired) electrons. The first kappa shape index (κ1) is 10.4. The van der Waals surface area contributed by atoms with E-state index >= 15 is 0 Å². The Hall–Kier alpha value is -1.81. The summed E-state index contributed by atoms with van der Waals surface area (Å²) in [6.45, 7) is 0.898. The summed E-state index contributed by atoms with van der Waals surface area (Å²) >= 11 is 0. The van der Waals surface area contributed by atoms with Gasteiger partial charge >= 0.3 is 0 Å². The number of nitrogens with zero attached hydrogens (tertiary/aromatic N) is 1. The van der Waals surface area contributed by atoms with Crippen molar-refractivity contribution in [1.29, 1.82) is 0 Å². The van der Waals surface area contributed by atoms with Crippen molar-refractivity contribution in [3.8, 4) is 0 Å². The Bertz CT molecular complexity index is 473. The van der Waals surface area contributed by atoms with E-state index in [1.807, 2.05) is 18.2 Å². The molecule has 0 aromatic carbocycles. The molecule has 3 aliphatic rings. The molecule has 0 bridgehead atoms. The lowest BCUT2D eigenvalue weighted by Gasteiger charge is -2.43. The van der Waals surface area contributed by atoms with Crippen molar-refractivity contribution in [2.45, 2.75) is 18.5 Å². The second-order valence-corrected chi connectivity index (χ2v) is 4.51. The van der Waals surface area contributed by atoms with E-state index in [1.165, 1.54) is 5.70 Å². The van der Waals surface area contributed by atoms with E-state index in [0.29, 0.717) is 18.0 Å². The molecule has 1 fully saturated rings. The van der Waals surface area contributed by atoms with Crippen LogP contribution in [0.25, 0.3) is 0 Å². The highest BCUT2D eigenvalue weighted by atomic mass is 16.1. The van der Waals surface area contributed by atoms with Gasteiger partial charge in [-0.3, -0.25) is 4.79 Å². The van der Waals surface area contributed by atoms with E-state index in [4.69, 9.17) is 5.73 Å². The van der Waals surface area contributed by atoms with Crippen molar-refractivity contribution in [3.63, 3.8) is 0 Å². The van der Waals surface area contributed by atoms with E-state index in [-0.39, 0.29) is 11.9 Å². The van der Waals surface area contributed by atoms with Gasteiger partial charge in [-0.25, -0.2) is 0 Å². The van der Waals surface area contributed by atoms with Crippen LogP contribution >= 0.6 is 0 Å². The number of rotatable bonds is 1. The Kier molecular flexibility index (Phi) is 2.37. The zero-order valence-corrected chi connectivity index (χ0v) is 9.47. The van der Waals surface area contributed by atoms with E-state index < -0.39 is 0 Å². The molecule has 3 rings (SSSR count). The quantitative estimate of drug-likeness (QED) is 0.684. The van der Waals surface area contributed by atoms with Crippen LogP contribution < -0.4 is 11.1 Å². The second-order valence-electron chi connectivity index (χ2n) is 4.51. The highest BCUT2D eigenvalue weighted by molar-refractivity contribution is 5.92. The molecule has 88 valence electrons. The minimum atomic E-state index is -0.321. The first-order valence-corrected chi connectivity index (χ1v) is 5.83. The van der Waals surface area contributed by atoms with Gasteiger partial charge in [-0.2, -0.15) is 0 Å². The average Bonchev–Trinajstić information content (AvgIpc) is 2.38. The van der Waals surface area contributed by atoms with Gasteiger partial charge in [0, 0.05) is 24.0 Å². The number of piperazine rings is 1. The van der Waals surface area contributed by atoms with E-state index in [2.05, 4.69) is 28.6 Å². The number of nitrogens with one attached hydrogen (secondary N) is 1. The maximum Gasteiger partial charge on any atom is 0.244 e. The van der Waals surface area contributed by atoms with Gasteiger partial charge in [0.1, 0.15) is 0 Å². The summed E-state index contributed by atoms with van der Waals surface area (Å²) in [7, 11) is 0. The van der Waals surface area contributed by atoms with Crippen LogP contribution in [0.1, 0.15) is 6.42 Å². The largest absolute Gasteiger partial charge is 0.366 e. The third-order valence-electron chi connectivity index (χ3n) is 3.47. The smallest absolute Gasteiger partial charge is 0.244 e. The molecule has 17 heavy (non-hydrogen) atoms. The molecule has 2 atom stereocenters. The molecule has 1 aliphatic carbocycles. The first-order valence-electron chi connectivity index (χ1n) is 5.83. The number of carbonyl (C=O) groups is 1. The van der Waals surface area contributed by atoms with Crippen LogP contribution in [0.2, 0.25) is 0 Å². The van der Waals surface area contributed by atoms with Gasteiger partial charge in [0.15, 0.2) is 0 Å². The lowest BCUT2D eigenvalue weighted by atomic mass is 9.92. The standard InChI is InChI=1S/C13H15N3O/c14-13(17)9-4-5-12-11(7-9)15-8-10-3-1-2-6-16(10)12/h1-6,10-11,15H,7-8H2,(H2,14,17). The Labute approximate surface area is 100 Å². The SMILES string of the molecule is NC(=O)C1=CC=C2C(C1)NCC1C=CC=CN21. The second kappa shape index (κ2) is 3.89. The van der Waals surface area contributed by atoms with Gasteiger partial charge in [0.25, 0.3) is 0 Å². The molecule has 0 spiro atoms. The van der Waals surface area contributed by atoms with Crippen LogP contribution in [0, 0.1) is 0 Å². The molecule has 2 unspecified atom stereocenters. The fourth-order valence-electron chi connectivity index (χ4n) is 2.57. The van der Waals surface area contributed by atoms with Crippen LogP contribution in [0.15, 0.2) is 47.9 Å². The molecule has 3 N–H and O–H groups in total. The Morgan fingerprint density at radius 2 is 2.29 bits per heavy atom. The van der Waals surface area contributed by atoms with Crippen molar-refractivity contribution >= 4 is 5.91 Å². The van der Waals surface area contributed by atoms with Crippen molar-refractivity contribution in [1.82, 2.24) is 10.2 Å². The molecule has 4 heteroatoms. The Morgan fingerprint density at radius 1 is 1.41 bits per heavy atom. The predicted molar refractivity (Wildman–Crippen MR) is 65.7 cm³/mol. The van der Waals surface area contributed by atoms with E-state index in [9.17, 15) is 4.79 Å². The zero-order valence-electron chi connectivity index (χ0n) is 9.47. The lowest BCUT2D eigenvalue weighted by molar-refractivity contribution is -0.114. The van der Waals surface area contributed by atoms with Gasteiger partial charge in [-0.15, -0.1) is 0 Å². The molecular weight excluding hydrogens is 214 g/mol. The number of carbonyl (C=O) groups excluding carboxylic acids is 1. The maximum absolute atomic E-state index is 11.2. The number of amides is 1. The number of fused-ring (bicyclic) bond motifs is 3. The summed E-state index contributed by atoms with van der Waals surface area (Å²) in [5.41, 5.74) is 7.23. The Balaban J connectivity index is 1.92. The first-order chi connectivity index (χ1) is 8.25. The molecule has 1 amide bonds. The zero-order chi connectivity index (χ0) is 11.8. The third-order valence-corrected chi connectivity index (χ3v) is 3.47. The third kappa shape index (κ3) is 1.70. The van der Waals surface area contributed by atoms with Gasteiger partial charge in [0.05, 0.1) is 12.1 Å². The topological polar surface area (TPSA) is 58.4 Å². The molecule has 2 aliphatic heterocycles. The molecule has 4 nitrogen and oxygen atoms in total. The Morgan fingerprint density at radius 3 is 3.12 bits per heavy atom. The van der Waals surface area contributed by atoms with Crippen molar-refractivity contribution in [2.24, 2.45) is 5.73 Å². The summed E-state index contributed by atoms with van der Waals surface area (Å²) in [5.74, 6) is -0.321. The summed E-state index contributed by atoms with van der Waals surface area (Å²) in [6.07, 6.45) is 12.9. The molecular formula is C13H15N3O. The minimum Gasteiger partial charge on any atom is -0.366 e. The highest BCUT2D eigenvalue weighted by Crippen LogP contribution is 2.28. The summed E-state index contributed by atoms with van der Waals surface area (Å²) < 4.78 is 0. The monoisotopic (exact) mass is 229 g/mol. The normalized spacial score (nSPS) is 30.2. The van der Waals surface area contributed by atoms with Crippen molar-refractivity contribution in [3.05, 3.63) is 47.9 Å². The number of hydrogen-bond acceptors (Lipinski definition) is 3. The molecule has 1 saturated heterocycles. The molecule has 0 saturated carbocycles. The van der Waals surface area contributed by atoms with Crippen LogP contribution in [0.3, 0.4) is 0 Å². The predicted octanol–water partition coefficient (Wildman–Crippen LogP) is 0.412. The number of hydrogen-bond donors (Lipinski definition) is 2. The van der Waals surface area contributed by atoms with Gasteiger partial charge in [0.2, 0.25) is 5.91 Å². The van der Waals surface area contributed by atoms with Crippen LogP contribution in [-0.4, -0.2) is 29.4 Å². The van der Waals surface area contributed by atoms with Gasteiger partial charge in [-0.05, 0) is 18.6 Å². The fraction of sp³-hybridized carbons (Fsp3) is 0.308. The summed E-state index contributed by atoms with van der Waals surface area (Å²) in [4.78, 5) is 13.4. The highest BCUT2D eigenvalue weighted by Gasteiger charge is 2.32. The van der Waals surface area contributed by atoms with E-state index in [1.54, 1.807) is 0 Å². The number of allylic oxidation sites excluding steroid dienone is 4. The van der Waals surface area contributed by atoms with Crippen LogP contribution in [0.5, 0.6) is 0 Å². The summed E-state index contributed by atoms with van der Waals surface area (Å²) in [6, 6.07) is 0.584. The van der Waals surface area contributed by atoms with Gasteiger partial charge in [-0.1, -0.05) is 18.2 Å². The van der Waals surface area contributed by atoms with Crippen LogP contribution in [-0.2, 0) is 4.79 Å². The number of nitrogens with two attached hydrogens (primary N) is 1. The lowest BCUT2D eigenvalue weighted by Crippen LogP contribution is -2.53. The average molecular weight is 229 g/mol. The molecule has 0 aromatic rings. The fourth-order valence-corrected chi connectivity index (χ4v) is 2.57. The van der Waals surface area contributed by atoms with Crippen molar-refractivity contribution in [2.75, 3.05) is 6.54 Å².